The fourth-order valence-corrected chi connectivity index (χ4v) is 2.78. The highest BCUT2D eigenvalue weighted by atomic mass is 16.5. The maximum atomic E-state index is 5.95. The molecular weight excluding hydrogens is 382 g/mol. The Labute approximate surface area is 179 Å². The maximum absolute atomic E-state index is 5.95. The van der Waals surface area contributed by atoms with Crippen molar-refractivity contribution in [2.24, 2.45) is 4.99 Å². The summed E-state index contributed by atoms with van der Waals surface area (Å²) in [5.41, 5.74) is 2.26. The monoisotopic (exact) mass is 417 g/mol. The Hall–Kier alpha value is -2.61. The first-order valence-electron chi connectivity index (χ1n) is 10.5. The normalized spacial score (nSPS) is 11.7. The van der Waals surface area contributed by atoms with Gasteiger partial charge in [0.05, 0.1) is 6.61 Å². The van der Waals surface area contributed by atoms with Crippen molar-refractivity contribution in [1.29, 1.82) is 0 Å². The van der Waals surface area contributed by atoms with Crippen LogP contribution in [0.15, 0.2) is 27.7 Å². The maximum Gasteiger partial charge on any atom is 0.226 e. The number of ether oxygens (including phenoxy) is 2. The average Bonchev–Trinajstić information content (AvgIpc) is 3.21. The second kappa shape index (κ2) is 12.8. The number of hydrogen-bond acceptors (Lipinski definition) is 6. The first kappa shape index (κ1) is 23.7. The van der Waals surface area contributed by atoms with E-state index in [-0.39, 0.29) is 5.92 Å². The van der Waals surface area contributed by atoms with Gasteiger partial charge in [0, 0.05) is 58.2 Å². The van der Waals surface area contributed by atoms with Gasteiger partial charge in [0.15, 0.2) is 11.8 Å². The van der Waals surface area contributed by atoms with Crippen LogP contribution in [0.5, 0.6) is 5.75 Å². The minimum absolute atomic E-state index is 0.277. The molecule has 0 bridgehead atoms. The van der Waals surface area contributed by atoms with Gasteiger partial charge >= 0.3 is 0 Å². The summed E-state index contributed by atoms with van der Waals surface area (Å²) in [5.74, 6) is 3.35. The van der Waals surface area contributed by atoms with E-state index < -0.39 is 0 Å². The van der Waals surface area contributed by atoms with E-state index in [4.69, 9.17) is 14.0 Å². The Morgan fingerprint density at radius 3 is 2.73 bits per heavy atom. The molecule has 1 heterocycles. The van der Waals surface area contributed by atoms with E-state index in [1.54, 1.807) is 14.2 Å². The van der Waals surface area contributed by atoms with E-state index in [9.17, 15) is 0 Å². The van der Waals surface area contributed by atoms with E-state index in [0.29, 0.717) is 25.6 Å². The zero-order chi connectivity index (χ0) is 21.8. The van der Waals surface area contributed by atoms with E-state index in [0.717, 1.165) is 48.9 Å². The molecule has 8 heteroatoms. The average molecular weight is 418 g/mol. The summed E-state index contributed by atoms with van der Waals surface area (Å²) in [5, 5.41) is 10.7. The predicted molar refractivity (Wildman–Crippen MR) is 118 cm³/mol. The third kappa shape index (κ3) is 8.02. The first-order chi connectivity index (χ1) is 14.5. The van der Waals surface area contributed by atoms with Gasteiger partial charge in [-0.05, 0) is 25.0 Å². The summed E-state index contributed by atoms with van der Waals surface area (Å²) < 4.78 is 16.3. The van der Waals surface area contributed by atoms with Gasteiger partial charge in [0.25, 0.3) is 0 Å². The fourth-order valence-electron chi connectivity index (χ4n) is 2.78. The van der Waals surface area contributed by atoms with E-state index in [1.165, 1.54) is 5.56 Å². The van der Waals surface area contributed by atoms with Crippen LogP contribution in [0, 0.1) is 6.92 Å². The molecule has 8 nitrogen and oxygen atoms in total. The number of methoxy groups -OCH3 is 1. The molecule has 2 rings (SSSR count). The van der Waals surface area contributed by atoms with Crippen LogP contribution in [0.1, 0.15) is 55.4 Å². The van der Waals surface area contributed by atoms with Gasteiger partial charge in [-0.15, -0.1) is 0 Å². The quantitative estimate of drug-likeness (QED) is 0.311. The Morgan fingerprint density at radius 2 is 2.03 bits per heavy atom. The van der Waals surface area contributed by atoms with Gasteiger partial charge < -0.3 is 24.6 Å². The summed E-state index contributed by atoms with van der Waals surface area (Å²) in [6.45, 7) is 8.87. The molecule has 1 aromatic heterocycles. The molecule has 0 aliphatic rings. The Bertz CT molecular complexity index is 789. The number of nitrogens with zero attached hydrogens (tertiary/aromatic N) is 3. The van der Waals surface area contributed by atoms with Crippen LogP contribution in [0.3, 0.4) is 0 Å². The molecule has 30 heavy (non-hydrogen) atoms. The molecule has 0 saturated heterocycles. The smallest absolute Gasteiger partial charge is 0.226 e. The van der Waals surface area contributed by atoms with Crippen LogP contribution in [0.2, 0.25) is 0 Å². The molecule has 0 radical (unpaired) electrons. The Morgan fingerprint density at radius 1 is 1.20 bits per heavy atom. The molecule has 2 N–H and O–H groups in total. The number of aryl methyl sites for hydroxylation is 2. The number of aliphatic imine (C=N–C) groups is 1. The number of guanidine groups is 1. The predicted octanol–water partition coefficient (Wildman–Crippen LogP) is 3.21. The molecule has 2 aromatic rings. The largest absolute Gasteiger partial charge is 0.493 e. The van der Waals surface area contributed by atoms with Crippen molar-refractivity contribution < 1.29 is 14.0 Å². The molecule has 0 unspecified atom stereocenters. The third-order valence-corrected chi connectivity index (χ3v) is 4.50. The number of benzene rings is 1. The molecular formula is C22H35N5O3. The summed E-state index contributed by atoms with van der Waals surface area (Å²) in [6.07, 6.45) is 2.47. The summed E-state index contributed by atoms with van der Waals surface area (Å²) in [4.78, 5) is 8.70. The lowest BCUT2D eigenvalue weighted by atomic mass is 10.1. The van der Waals surface area contributed by atoms with Gasteiger partial charge in [0.1, 0.15) is 5.75 Å². The van der Waals surface area contributed by atoms with Gasteiger partial charge in [-0.3, -0.25) is 4.99 Å². The van der Waals surface area contributed by atoms with Crippen molar-refractivity contribution in [3.63, 3.8) is 0 Å². The third-order valence-electron chi connectivity index (χ3n) is 4.50. The zero-order valence-corrected chi connectivity index (χ0v) is 18.8. The van der Waals surface area contributed by atoms with Gasteiger partial charge in [-0.1, -0.05) is 31.1 Å². The van der Waals surface area contributed by atoms with Crippen LogP contribution >= 0.6 is 0 Å². The molecule has 0 amide bonds. The standard InChI is InChI=1S/C22H35N5O3/c1-16(2)21-26-20(30-27-21)8-6-11-24-22(23-4)25-15-18-10-9-17(3)14-19(18)29-13-7-12-28-5/h9-10,14,16H,6-8,11-13,15H2,1-5H3,(H2,23,24,25). The van der Waals surface area contributed by atoms with Crippen LogP contribution in [0.25, 0.3) is 0 Å². The summed E-state index contributed by atoms with van der Waals surface area (Å²) in [6, 6.07) is 6.24. The van der Waals surface area contributed by atoms with Crippen molar-refractivity contribution >= 4 is 5.96 Å². The van der Waals surface area contributed by atoms with Gasteiger partial charge in [0.2, 0.25) is 5.89 Å². The highest BCUT2D eigenvalue weighted by Gasteiger charge is 2.10. The molecule has 166 valence electrons. The fraction of sp³-hybridized carbons (Fsp3) is 0.591. The van der Waals surface area contributed by atoms with E-state index >= 15 is 0 Å². The Kier molecular flexibility index (Phi) is 10.1. The number of rotatable bonds is 12. The molecule has 0 aliphatic heterocycles. The first-order valence-corrected chi connectivity index (χ1v) is 10.5. The molecule has 0 spiro atoms. The van der Waals surface area contributed by atoms with Gasteiger partial charge in [-0.25, -0.2) is 0 Å². The van der Waals surface area contributed by atoms with Crippen molar-refractivity contribution in [1.82, 2.24) is 20.8 Å². The molecule has 0 fully saturated rings. The second-order valence-electron chi connectivity index (χ2n) is 7.46. The molecule has 0 saturated carbocycles. The van der Waals surface area contributed by atoms with Crippen molar-refractivity contribution in [2.75, 3.05) is 33.9 Å². The summed E-state index contributed by atoms with van der Waals surface area (Å²) >= 11 is 0. The minimum Gasteiger partial charge on any atom is -0.493 e. The highest BCUT2D eigenvalue weighted by Crippen LogP contribution is 2.20. The molecule has 0 atom stereocenters. The number of aromatic nitrogens is 2. The lowest BCUT2D eigenvalue weighted by Crippen LogP contribution is -2.37. The molecule has 0 aliphatic carbocycles. The van der Waals surface area contributed by atoms with Crippen molar-refractivity contribution in [3.05, 3.63) is 41.0 Å². The lowest BCUT2D eigenvalue weighted by molar-refractivity contribution is 0.171. The van der Waals surface area contributed by atoms with Crippen LogP contribution in [-0.4, -0.2) is 50.0 Å². The van der Waals surface area contributed by atoms with Crippen LogP contribution in [-0.2, 0) is 17.7 Å². The van der Waals surface area contributed by atoms with E-state index in [1.807, 2.05) is 0 Å². The van der Waals surface area contributed by atoms with Crippen molar-refractivity contribution in [3.8, 4) is 5.75 Å². The van der Waals surface area contributed by atoms with Crippen LogP contribution in [0.4, 0.5) is 0 Å². The lowest BCUT2D eigenvalue weighted by Gasteiger charge is -2.15. The number of nitrogens with one attached hydrogen (secondary N) is 2. The van der Waals surface area contributed by atoms with Crippen molar-refractivity contribution in [2.45, 2.75) is 52.5 Å². The van der Waals surface area contributed by atoms with Crippen LogP contribution < -0.4 is 15.4 Å². The summed E-state index contributed by atoms with van der Waals surface area (Å²) in [7, 11) is 3.46. The zero-order valence-electron chi connectivity index (χ0n) is 18.8. The Balaban J connectivity index is 1.77. The minimum atomic E-state index is 0.277. The van der Waals surface area contributed by atoms with Gasteiger partial charge in [-0.2, -0.15) is 4.98 Å². The second-order valence-corrected chi connectivity index (χ2v) is 7.46. The molecule has 1 aromatic carbocycles. The highest BCUT2D eigenvalue weighted by molar-refractivity contribution is 5.79. The SMILES string of the molecule is CN=C(NCCCc1nc(C(C)C)no1)NCc1ccc(C)cc1OCCCOC. The van der Waals surface area contributed by atoms with E-state index in [2.05, 4.69) is 64.7 Å². The topological polar surface area (TPSA) is 93.8 Å². The number of hydrogen-bond donors (Lipinski definition) is 2.